The first-order valence-electron chi connectivity index (χ1n) is 10.8. The molecule has 4 rings (SSSR count). The fourth-order valence-corrected chi connectivity index (χ4v) is 3.36. The van der Waals surface area contributed by atoms with Gasteiger partial charge in [-0.25, -0.2) is 4.79 Å². The van der Waals surface area contributed by atoms with Crippen LogP contribution in [0.25, 0.3) is 17.2 Å². The van der Waals surface area contributed by atoms with Crippen LogP contribution in [0, 0.1) is 0 Å². The molecule has 0 aliphatic carbocycles. The molecule has 0 atom stereocenters. The van der Waals surface area contributed by atoms with E-state index in [2.05, 4.69) is 5.32 Å². The van der Waals surface area contributed by atoms with Crippen molar-refractivity contribution in [2.45, 2.75) is 0 Å². The summed E-state index contributed by atoms with van der Waals surface area (Å²) in [4.78, 5) is 24.1. The molecule has 0 spiro atoms. The average Bonchev–Trinajstić information content (AvgIpc) is 2.88. The van der Waals surface area contributed by atoms with Crippen molar-refractivity contribution in [1.82, 2.24) is 0 Å². The zero-order valence-corrected chi connectivity index (χ0v) is 18.3. The SMILES string of the molecule is O=C(Nc1ccccc1)C(=Cc1ccc(C(=O)O)cc1)COc1ccc(-c2ccccc2)cc1. The van der Waals surface area contributed by atoms with Crippen LogP contribution in [0.5, 0.6) is 5.75 Å². The van der Waals surface area contributed by atoms with E-state index in [9.17, 15) is 9.59 Å². The second-order valence-corrected chi connectivity index (χ2v) is 7.60. The van der Waals surface area contributed by atoms with Crippen LogP contribution in [-0.2, 0) is 4.79 Å². The highest BCUT2D eigenvalue weighted by atomic mass is 16.5. The van der Waals surface area contributed by atoms with Crippen LogP contribution in [-0.4, -0.2) is 23.6 Å². The van der Waals surface area contributed by atoms with E-state index in [0.29, 0.717) is 22.6 Å². The van der Waals surface area contributed by atoms with Crippen LogP contribution in [0.2, 0.25) is 0 Å². The second-order valence-electron chi connectivity index (χ2n) is 7.60. The number of benzene rings is 4. The van der Waals surface area contributed by atoms with E-state index in [4.69, 9.17) is 9.84 Å². The molecule has 5 nitrogen and oxygen atoms in total. The molecule has 4 aromatic carbocycles. The lowest BCUT2D eigenvalue weighted by atomic mass is 10.1. The van der Waals surface area contributed by atoms with E-state index >= 15 is 0 Å². The first kappa shape index (κ1) is 22.6. The molecule has 4 aromatic rings. The van der Waals surface area contributed by atoms with Crippen molar-refractivity contribution in [3.8, 4) is 16.9 Å². The molecule has 0 saturated heterocycles. The molecule has 2 N–H and O–H groups in total. The zero-order chi connectivity index (χ0) is 23.8. The highest BCUT2D eigenvalue weighted by Gasteiger charge is 2.12. The molecule has 0 radical (unpaired) electrons. The summed E-state index contributed by atoms with van der Waals surface area (Å²) in [5.41, 5.74) is 4.14. The van der Waals surface area contributed by atoms with Gasteiger partial charge < -0.3 is 15.2 Å². The summed E-state index contributed by atoms with van der Waals surface area (Å²) in [5.74, 6) is -0.659. The quantitative estimate of drug-likeness (QED) is 0.316. The maximum Gasteiger partial charge on any atom is 0.335 e. The fourth-order valence-electron chi connectivity index (χ4n) is 3.36. The van der Waals surface area contributed by atoms with Crippen molar-refractivity contribution in [1.29, 1.82) is 0 Å². The Morgan fingerprint density at radius 1 is 0.735 bits per heavy atom. The van der Waals surface area contributed by atoms with E-state index in [1.165, 1.54) is 12.1 Å². The predicted molar refractivity (Wildman–Crippen MR) is 134 cm³/mol. The number of aromatic carboxylic acids is 1. The molecule has 34 heavy (non-hydrogen) atoms. The number of anilines is 1. The number of ether oxygens (including phenoxy) is 1. The van der Waals surface area contributed by atoms with Gasteiger partial charge in [-0.1, -0.05) is 72.8 Å². The molecular weight excluding hydrogens is 426 g/mol. The molecule has 0 unspecified atom stereocenters. The molecule has 0 aromatic heterocycles. The topological polar surface area (TPSA) is 75.6 Å². The summed E-state index contributed by atoms with van der Waals surface area (Å²) in [5, 5.41) is 12.0. The number of carboxylic acids is 1. The second kappa shape index (κ2) is 10.8. The fraction of sp³-hybridized carbons (Fsp3) is 0.0345. The molecule has 0 fully saturated rings. The molecular formula is C29H23NO4. The van der Waals surface area contributed by atoms with Gasteiger partial charge in [0.1, 0.15) is 12.4 Å². The number of carbonyl (C=O) groups is 2. The zero-order valence-electron chi connectivity index (χ0n) is 18.3. The summed E-state index contributed by atoms with van der Waals surface area (Å²) in [6, 6.07) is 33.2. The molecule has 0 aliphatic rings. The summed E-state index contributed by atoms with van der Waals surface area (Å²) >= 11 is 0. The van der Waals surface area contributed by atoms with Gasteiger partial charge in [-0.05, 0) is 59.2 Å². The van der Waals surface area contributed by atoms with Crippen molar-refractivity contribution >= 4 is 23.6 Å². The highest BCUT2D eigenvalue weighted by molar-refractivity contribution is 6.07. The van der Waals surface area contributed by atoms with Gasteiger partial charge in [-0.3, -0.25) is 4.79 Å². The first-order valence-corrected chi connectivity index (χ1v) is 10.8. The van der Waals surface area contributed by atoms with Crippen LogP contribution in [0.15, 0.2) is 115 Å². The number of hydrogen-bond acceptors (Lipinski definition) is 3. The van der Waals surface area contributed by atoms with E-state index < -0.39 is 5.97 Å². The lowest BCUT2D eigenvalue weighted by Gasteiger charge is -2.12. The molecule has 0 aliphatic heterocycles. The number of para-hydroxylation sites is 1. The minimum absolute atomic E-state index is 0.0457. The third-order valence-electron chi connectivity index (χ3n) is 5.18. The monoisotopic (exact) mass is 449 g/mol. The van der Waals surface area contributed by atoms with Gasteiger partial charge in [0.25, 0.3) is 5.91 Å². The minimum atomic E-state index is -1.00. The van der Waals surface area contributed by atoms with Gasteiger partial charge in [0.05, 0.1) is 11.1 Å². The number of hydrogen-bond donors (Lipinski definition) is 2. The van der Waals surface area contributed by atoms with Gasteiger partial charge in [0.15, 0.2) is 0 Å². The predicted octanol–water partition coefficient (Wildman–Crippen LogP) is 6.15. The van der Waals surface area contributed by atoms with Gasteiger partial charge in [-0.15, -0.1) is 0 Å². The maximum atomic E-state index is 13.0. The Bertz CT molecular complexity index is 1280. The van der Waals surface area contributed by atoms with Gasteiger partial charge in [0, 0.05) is 5.69 Å². The van der Waals surface area contributed by atoms with Crippen molar-refractivity contribution in [2.24, 2.45) is 0 Å². The Kier molecular flexibility index (Phi) is 7.16. The molecule has 5 heteroatoms. The molecule has 0 heterocycles. The number of carboxylic acid groups (broad SMARTS) is 1. The van der Waals surface area contributed by atoms with E-state index in [1.54, 1.807) is 30.3 Å². The number of amides is 1. The summed E-state index contributed by atoms with van der Waals surface area (Å²) in [6.45, 7) is 0.0457. The Morgan fingerprint density at radius 2 is 1.32 bits per heavy atom. The van der Waals surface area contributed by atoms with Gasteiger partial charge >= 0.3 is 5.97 Å². The molecule has 0 saturated carbocycles. The van der Waals surface area contributed by atoms with Crippen LogP contribution in [0.3, 0.4) is 0 Å². The van der Waals surface area contributed by atoms with E-state index in [0.717, 1.165) is 11.1 Å². The average molecular weight is 450 g/mol. The summed E-state index contributed by atoms with van der Waals surface area (Å²) in [6.07, 6.45) is 1.70. The van der Waals surface area contributed by atoms with Crippen molar-refractivity contribution in [3.63, 3.8) is 0 Å². The Labute approximate surface area is 198 Å². The van der Waals surface area contributed by atoms with Crippen molar-refractivity contribution < 1.29 is 19.4 Å². The Balaban J connectivity index is 1.52. The normalized spacial score (nSPS) is 11.0. The number of carbonyl (C=O) groups excluding carboxylic acids is 1. The number of nitrogens with one attached hydrogen (secondary N) is 1. The van der Waals surface area contributed by atoms with E-state index in [-0.39, 0.29) is 18.1 Å². The molecule has 0 bridgehead atoms. The standard InChI is InChI=1S/C29H23NO4/c31-28(30-26-9-5-2-6-10-26)25(19-21-11-13-24(14-12-21)29(32)33)20-34-27-17-15-23(16-18-27)22-7-3-1-4-8-22/h1-19H,20H2,(H,30,31)(H,32,33). The van der Waals surface area contributed by atoms with Crippen LogP contribution in [0.4, 0.5) is 5.69 Å². The van der Waals surface area contributed by atoms with Crippen LogP contribution >= 0.6 is 0 Å². The van der Waals surface area contributed by atoms with Gasteiger partial charge in [0.2, 0.25) is 0 Å². The lowest BCUT2D eigenvalue weighted by Crippen LogP contribution is -2.19. The largest absolute Gasteiger partial charge is 0.489 e. The highest BCUT2D eigenvalue weighted by Crippen LogP contribution is 2.23. The van der Waals surface area contributed by atoms with Crippen LogP contribution < -0.4 is 10.1 Å². The smallest absolute Gasteiger partial charge is 0.335 e. The molecule has 168 valence electrons. The van der Waals surface area contributed by atoms with Crippen molar-refractivity contribution in [3.05, 3.63) is 126 Å². The minimum Gasteiger partial charge on any atom is -0.489 e. The van der Waals surface area contributed by atoms with Crippen LogP contribution in [0.1, 0.15) is 15.9 Å². The Hall–Kier alpha value is -4.64. The maximum absolute atomic E-state index is 13.0. The Morgan fingerprint density at radius 3 is 1.94 bits per heavy atom. The summed E-state index contributed by atoms with van der Waals surface area (Å²) in [7, 11) is 0. The number of rotatable bonds is 8. The lowest BCUT2D eigenvalue weighted by molar-refractivity contribution is -0.113. The first-order chi connectivity index (χ1) is 16.6. The van der Waals surface area contributed by atoms with Crippen molar-refractivity contribution in [2.75, 3.05) is 11.9 Å². The third-order valence-corrected chi connectivity index (χ3v) is 5.18. The third kappa shape index (κ3) is 5.99. The van der Waals surface area contributed by atoms with Gasteiger partial charge in [-0.2, -0.15) is 0 Å². The summed E-state index contributed by atoms with van der Waals surface area (Å²) < 4.78 is 5.93. The van der Waals surface area contributed by atoms with E-state index in [1.807, 2.05) is 72.8 Å². The molecule has 1 amide bonds.